The molecular weight excluding hydrogens is 364 g/mol. The predicted octanol–water partition coefficient (Wildman–Crippen LogP) is 4.38. The fourth-order valence-electron chi connectivity index (χ4n) is 4.22. The van der Waals surface area contributed by atoms with Gasteiger partial charge in [-0.3, -0.25) is 0 Å². The molecule has 154 valence electrons. The smallest absolute Gasteiger partial charge is 0.407 e. The second-order valence-electron chi connectivity index (χ2n) is 8.10. The molecule has 0 radical (unpaired) electrons. The molecule has 0 aromatic heterocycles. The zero-order chi connectivity index (χ0) is 19.9. The normalized spacial score (nSPS) is 21.8. The molecule has 0 bridgehead atoms. The van der Waals surface area contributed by atoms with Gasteiger partial charge >= 0.3 is 6.09 Å². The second kappa shape index (κ2) is 9.79. The highest BCUT2D eigenvalue weighted by Crippen LogP contribution is 2.29. The maximum Gasteiger partial charge on any atom is 0.407 e. The quantitative estimate of drug-likeness (QED) is 0.757. The SMILES string of the molecule is O=C(NC1CCC(N(CC2COC2)c2ccccc2)CC1)OCc1ccccc1. The Kier molecular flexibility index (Phi) is 6.67. The van der Waals surface area contributed by atoms with E-state index in [4.69, 9.17) is 9.47 Å². The summed E-state index contributed by atoms with van der Waals surface area (Å²) in [4.78, 5) is 14.7. The third-order valence-corrected chi connectivity index (χ3v) is 5.92. The summed E-state index contributed by atoms with van der Waals surface area (Å²) < 4.78 is 10.8. The lowest BCUT2D eigenvalue weighted by Crippen LogP contribution is -2.48. The highest BCUT2D eigenvalue weighted by molar-refractivity contribution is 5.67. The summed E-state index contributed by atoms with van der Waals surface area (Å²) in [6.07, 6.45) is 3.80. The molecule has 5 nitrogen and oxygen atoms in total. The number of amides is 1. The number of hydrogen-bond acceptors (Lipinski definition) is 4. The Morgan fingerprint density at radius 1 is 0.966 bits per heavy atom. The molecule has 29 heavy (non-hydrogen) atoms. The lowest BCUT2D eigenvalue weighted by atomic mass is 9.89. The van der Waals surface area contributed by atoms with Crippen LogP contribution in [0.15, 0.2) is 60.7 Å². The van der Waals surface area contributed by atoms with Crippen molar-refractivity contribution in [3.8, 4) is 0 Å². The van der Waals surface area contributed by atoms with Gasteiger partial charge in [-0.1, -0.05) is 48.5 Å². The number of anilines is 1. The Labute approximate surface area is 173 Å². The summed E-state index contributed by atoms with van der Waals surface area (Å²) in [5.41, 5.74) is 2.29. The van der Waals surface area contributed by atoms with Gasteiger partial charge in [0.25, 0.3) is 0 Å². The predicted molar refractivity (Wildman–Crippen MR) is 114 cm³/mol. The van der Waals surface area contributed by atoms with E-state index in [1.807, 2.05) is 30.3 Å². The van der Waals surface area contributed by atoms with E-state index in [1.54, 1.807) is 0 Å². The first-order valence-electron chi connectivity index (χ1n) is 10.6. The average molecular weight is 395 g/mol. The molecule has 0 atom stereocenters. The van der Waals surface area contributed by atoms with Gasteiger partial charge in [0.05, 0.1) is 13.2 Å². The van der Waals surface area contributed by atoms with E-state index in [-0.39, 0.29) is 12.1 Å². The highest BCUT2D eigenvalue weighted by atomic mass is 16.5. The van der Waals surface area contributed by atoms with Crippen molar-refractivity contribution in [2.75, 3.05) is 24.7 Å². The van der Waals surface area contributed by atoms with E-state index in [2.05, 4.69) is 40.5 Å². The van der Waals surface area contributed by atoms with Crippen LogP contribution in [0.5, 0.6) is 0 Å². The molecule has 0 spiro atoms. The van der Waals surface area contributed by atoms with E-state index in [0.29, 0.717) is 18.6 Å². The summed E-state index contributed by atoms with van der Waals surface area (Å²) in [5.74, 6) is 0.624. The Bertz CT molecular complexity index is 756. The highest BCUT2D eigenvalue weighted by Gasteiger charge is 2.30. The van der Waals surface area contributed by atoms with Crippen molar-refractivity contribution in [2.45, 2.75) is 44.4 Å². The van der Waals surface area contributed by atoms with Crippen LogP contribution >= 0.6 is 0 Å². The third kappa shape index (κ3) is 5.51. The van der Waals surface area contributed by atoms with Crippen LogP contribution in [-0.2, 0) is 16.1 Å². The lowest BCUT2D eigenvalue weighted by molar-refractivity contribution is -0.0286. The van der Waals surface area contributed by atoms with Gasteiger partial charge in [-0.15, -0.1) is 0 Å². The number of nitrogens with zero attached hydrogens (tertiary/aromatic N) is 1. The van der Waals surface area contributed by atoms with Crippen molar-refractivity contribution >= 4 is 11.8 Å². The van der Waals surface area contributed by atoms with Crippen molar-refractivity contribution in [3.63, 3.8) is 0 Å². The summed E-state index contributed by atoms with van der Waals surface area (Å²) in [6, 6.07) is 21.2. The molecule has 2 fully saturated rings. The summed E-state index contributed by atoms with van der Waals surface area (Å²) >= 11 is 0. The van der Waals surface area contributed by atoms with Gasteiger partial charge in [0.2, 0.25) is 0 Å². The van der Waals surface area contributed by atoms with Gasteiger partial charge in [-0.2, -0.15) is 0 Å². The summed E-state index contributed by atoms with van der Waals surface area (Å²) in [7, 11) is 0. The third-order valence-electron chi connectivity index (χ3n) is 5.92. The van der Waals surface area contributed by atoms with Crippen LogP contribution < -0.4 is 10.2 Å². The van der Waals surface area contributed by atoms with Crippen molar-refractivity contribution in [1.82, 2.24) is 5.32 Å². The largest absolute Gasteiger partial charge is 0.445 e. The van der Waals surface area contributed by atoms with E-state index >= 15 is 0 Å². The monoisotopic (exact) mass is 394 g/mol. The fraction of sp³-hybridized carbons (Fsp3) is 0.458. The van der Waals surface area contributed by atoms with Crippen LogP contribution in [0.1, 0.15) is 31.2 Å². The van der Waals surface area contributed by atoms with Crippen LogP contribution in [0, 0.1) is 5.92 Å². The molecule has 0 unspecified atom stereocenters. The maximum atomic E-state index is 12.2. The molecule has 2 aliphatic rings. The Morgan fingerprint density at radius 3 is 2.24 bits per heavy atom. The van der Waals surface area contributed by atoms with E-state index in [1.165, 1.54) is 5.69 Å². The van der Waals surface area contributed by atoms with Crippen molar-refractivity contribution < 1.29 is 14.3 Å². The number of ether oxygens (including phenoxy) is 2. The number of nitrogens with one attached hydrogen (secondary N) is 1. The molecule has 1 saturated heterocycles. The van der Waals surface area contributed by atoms with Crippen LogP contribution in [0.4, 0.5) is 10.5 Å². The molecule has 1 N–H and O–H groups in total. The number of benzene rings is 2. The standard InChI is InChI=1S/C24H30N2O3/c27-24(29-18-19-7-3-1-4-8-19)25-21-11-13-23(14-12-21)26(15-20-16-28-17-20)22-9-5-2-6-10-22/h1-10,20-21,23H,11-18H2,(H,25,27). The molecular formula is C24H30N2O3. The zero-order valence-electron chi connectivity index (χ0n) is 16.8. The van der Waals surface area contributed by atoms with Crippen LogP contribution in [-0.4, -0.2) is 37.9 Å². The van der Waals surface area contributed by atoms with E-state index < -0.39 is 0 Å². The van der Waals surface area contributed by atoms with Crippen LogP contribution in [0.3, 0.4) is 0 Å². The van der Waals surface area contributed by atoms with Crippen LogP contribution in [0.2, 0.25) is 0 Å². The second-order valence-corrected chi connectivity index (χ2v) is 8.10. The molecule has 5 heteroatoms. The maximum absolute atomic E-state index is 12.2. The number of hydrogen-bond donors (Lipinski definition) is 1. The minimum atomic E-state index is -0.316. The van der Waals surface area contributed by atoms with Crippen molar-refractivity contribution in [3.05, 3.63) is 66.2 Å². The topological polar surface area (TPSA) is 50.8 Å². The minimum absolute atomic E-state index is 0.194. The van der Waals surface area contributed by atoms with Crippen molar-refractivity contribution in [2.24, 2.45) is 5.92 Å². The molecule has 1 heterocycles. The number of carbonyl (C=O) groups is 1. The molecule has 2 aromatic carbocycles. The number of para-hydroxylation sites is 1. The molecule has 1 aliphatic heterocycles. The van der Waals surface area contributed by atoms with Crippen molar-refractivity contribution in [1.29, 1.82) is 0 Å². The number of rotatable bonds is 7. The Hall–Kier alpha value is -2.53. The fourth-order valence-corrected chi connectivity index (χ4v) is 4.22. The van der Waals surface area contributed by atoms with Gasteiger partial charge in [0, 0.05) is 30.2 Å². The lowest BCUT2D eigenvalue weighted by Gasteiger charge is -2.41. The first-order chi connectivity index (χ1) is 14.3. The van der Waals surface area contributed by atoms with Crippen LogP contribution in [0.25, 0.3) is 0 Å². The molecule has 4 rings (SSSR count). The first kappa shape index (κ1) is 19.8. The summed E-state index contributed by atoms with van der Waals surface area (Å²) in [5, 5.41) is 3.05. The zero-order valence-corrected chi connectivity index (χ0v) is 16.8. The number of alkyl carbamates (subject to hydrolysis) is 1. The summed E-state index contributed by atoms with van der Waals surface area (Å²) in [6.45, 7) is 3.10. The molecule has 1 saturated carbocycles. The number of carbonyl (C=O) groups excluding carboxylic acids is 1. The van der Waals surface area contributed by atoms with Gasteiger partial charge in [-0.25, -0.2) is 4.79 Å². The van der Waals surface area contributed by atoms with Gasteiger partial charge in [0.15, 0.2) is 0 Å². The molecule has 2 aromatic rings. The average Bonchev–Trinajstić information content (AvgIpc) is 2.74. The minimum Gasteiger partial charge on any atom is -0.445 e. The van der Waals surface area contributed by atoms with E-state index in [0.717, 1.165) is 51.0 Å². The van der Waals surface area contributed by atoms with Gasteiger partial charge in [-0.05, 0) is 43.4 Å². The first-order valence-corrected chi connectivity index (χ1v) is 10.6. The van der Waals surface area contributed by atoms with Gasteiger partial charge < -0.3 is 19.7 Å². The molecule has 1 amide bonds. The van der Waals surface area contributed by atoms with Gasteiger partial charge in [0.1, 0.15) is 6.61 Å². The Balaban J connectivity index is 1.26. The Morgan fingerprint density at radius 2 is 1.62 bits per heavy atom. The van der Waals surface area contributed by atoms with E-state index in [9.17, 15) is 4.79 Å². The molecule has 1 aliphatic carbocycles.